The number of carbonyl (C=O) groups excluding carboxylic acids is 1. The van der Waals surface area contributed by atoms with Crippen molar-refractivity contribution in [2.75, 3.05) is 13.1 Å². The molecule has 0 saturated carbocycles. The summed E-state index contributed by atoms with van der Waals surface area (Å²) in [6.45, 7) is 1.76. The number of benzene rings is 1. The third kappa shape index (κ3) is 2.54. The van der Waals surface area contributed by atoms with Crippen molar-refractivity contribution in [1.82, 2.24) is 4.90 Å². The molecule has 0 aliphatic carbocycles. The van der Waals surface area contributed by atoms with Crippen molar-refractivity contribution in [3.63, 3.8) is 0 Å². The van der Waals surface area contributed by atoms with Crippen LogP contribution in [0, 0.1) is 0 Å². The predicted octanol–water partition coefficient (Wildman–Crippen LogP) is 3.27. The van der Waals surface area contributed by atoms with Crippen LogP contribution in [0.1, 0.15) is 23.7 Å². The van der Waals surface area contributed by atoms with Crippen LogP contribution >= 0.6 is 23.2 Å². The van der Waals surface area contributed by atoms with Crippen LogP contribution in [-0.2, 0) is 0 Å². The van der Waals surface area contributed by atoms with E-state index in [-0.39, 0.29) is 34.3 Å². The molecule has 98 valence electrons. The van der Waals surface area contributed by atoms with Gasteiger partial charge < -0.3 is 10.0 Å². The van der Waals surface area contributed by atoms with Crippen molar-refractivity contribution in [2.45, 2.75) is 19.0 Å². The quantitative estimate of drug-likeness (QED) is 0.863. The van der Waals surface area contributed by atoms with Gasteiger partial charge in [0.05, 0.1) is 17.1 Å². The molecule has 1 aromatic carbocycles. The van der Waals surface area contributed by atoms with Gasteiger partial charge in [-0.2, -0.15) is 0 Å². The molecule has 1 atom stereocenters. The third-order valence-electron chi connectivity index (χ3n) is 2.96. The minimum Gasteiger partial charge on any atom is -0.507 e. The summed E-state index contributed by atoms with van der Waals surface area (Å²) in [5.74, 6) is -0.763. The number of likely N-dealkylation sites (tertiary alicyclic amines) is 1. The van der Waals surface area contributed by atoms with E-state index in [0.29, 0.717) is 6.54 Å². The Balaban J connectivity index is 2.30. The lowest BCUT2D eigenvalue weighted by Gasteiger charge is -2.19. The molecule has 1 aliphatic heterocycles. The largest absolute Gasteiger partial charge is 0.507 e. The second-order valence-electron chi connectivity index (χ2n) is 4.67. The van der Waals surface area contributed by atoms with Crippen LogP contribution < -0.4 is 0 Å². The van der Waals surface area contributed by atoms with Gasteiger partial charge in [0.15, 0.2) is 0 Å². The van der Waals surface area contributed by atoms with E-state index in [1.54, 1.807) is 0 Å². The van der Waals surface area contributed by atoms with Gasteiger partial charge in [-0.25, -0.2) is 4.39 Å². The fraction of sp³-hybridized carbons (Fsp3) is 0.417. The number of aromatic hydroxyl groups is 1. The van der Waals surface area contributed by atoms with Gasteiger partial charge in [0.2, 0.25) is 0 Å². The van der Waals surface area contributed by atoms with Gasteiger partial charge in [-0.3, -0.25) is 4.79 Å². The first-order chi connectivity index (χ1) is 8.30. The summed E-state index contributed by atoms with van der Waals surface area (Å²) in [5.41, 5.74) is -1.41. The highest BCUT2D eigenvalue weighted by atomic mass is 35.5. The second-order valence-corrected chi connectivity index (χ2v) is 5.52. The summed E-state index contributed by atoms with van der Waals surface area (Å²) in [6, 6.07) is 2.62. The molecule has 1 aromatic rings. The maximum absolute atomic E-state index is 13.7. The van der Waals surface area contributed by atoms with E-state index in [0.717, 1.165) is 0 Å². The van der Waals surface area contributed by atoms with E-state index in [9.17, 15) is 14.3 Å². The van der Waals surface area contributed by atoms with Crippen molar-refractivity contribution in [3.05, 3.63) is 27.7 Å². The Kier molecular flexibility index (Phi) is 3.43. The van der Waals surface area contributed by atoms with Gasteiger partial charge in [0, 0.05) is 18.0 Å². The monoisotopic (exact) mass is 291 g/mol. The maximum Gasteiger partial charge on any atom is 0.259 e. The lowest BCUT2D eigenvalue weighted by atomic mass is 10.1. The minimum atomic E-state index is -1.38. The molecular formula is C12H12Cl2FNO2. The fourth-order valence-electron chi connectivity index (χ4n) is 2.03. The molecule has 0 unspecified atom stereocenters. The summed E-state index contributed by atoms with van der Waals surface area (Å²) >= 11 is 11.6. The molecule has 1 N–H and O–H groups in total. The lowest BCUT2D eigenvalue weighted by molar-refractivity contribution is 0.0758. The maximum atomic E-state index is 13.7. The normalized spacial score (nSPS) is 23.4. The van der Waals surface area contributed by atoms with Crippen LogP contribution in [0.2, 0.25) is 10.0 Å². The number of rotatable bonds is 1. The van der Waals surface area contributed by atoms with Crippen LogP contribution in [0.5, 0.6) is 5.75 Å². The average Bonchev–Trinajstić information content (AvgIpc) is 2.57. The topological polar surface area (TPSA) is 40.5 Å². The van der Waals surface area contributed by atoms with Gasteiger partial charge in [-0.05, 0) is 19.1 Å². The summed E-state index contributed by atoms with van der Waals surface area (Å²) < 4.78 is 13.7. The highest BCUT2D eigenvalue weighted by Crippen LogP contribution is 2.33. The molecule has 6 heteroatoms. The molecule has 1 amide bonds. The van der Waals surface area contributed by atoms with Crippen LogP contribution in [-0.4, -0.2) is 34.7 Å². The van der Waals surface area contributed by atoms with Gasteiger partial charge in [-0.15, -0.1) is 0 Å². The van der Waals surface area contributed by atoms with Crippen molar-refractivity contribution < 1.29 is 14.3 Å². The summed E-state index contributed by atoms with van der Waals surface area (Å²) in [4.78, 5) is 13.5. The minimum absolute atomic E-state index is 0.00420. The van der Waals surface area contributed by atoms with E-state index >= 15 is 0 Å². The van der Waals surface area contributed by atoms with E-state index in [1.165, 1.54) is 24.0 Å². The fourth-order valence-corrected chi connectivity index (χ4v) is 2.59. The van der Waals surface area contributed by atoms with Gasteiger partial charge in [0.1, 0.15) is 11.4 Å². The van der Waals surface area contributed by atoms with Crippen LogP contribution in [0.25, 0.3) is 0 Å². The molecule has 1 fully saturated rings. The Morgan fingerprint density at radius 1 is 1.50 bits per heavy atom. The molecule has 1 heterocycles. The summed E-state index contributed by atoms with van der Waals surface area (Å²) in [5, 5.41) is 10.0. The number of alkyl halides is 1. The molecule has 0 radical (unpaired) electrons. The Morgan fingerprint density at radius 3 is 2.67 bits per heavy atom. The van der Waals surface area contributed by atoms with E-state index < -0.39 is 11.6 Å². The molecule has 0 aromatic heterocycles. The van der Waals surface area contributed by atoms with Crippen molar-refractivity contribution in [3.8, 4) is 5.75 Å². The van der Waals surface area contributed by atoms with Crippen molar-refractivity contribution >= 4 is 29.1 Å². The molecule has 0 spiro atoms. The third-order valence-corrected chi connectivity index (χ3v) is 3.48. The molecule has 2 rings (SSSR count). The van der Waals surface area contributed by atoms with Crippen molar-refractivity contribution in [2.24, 2.45) is 0 Å². The van der Waals surface area contributed by atoms with Crippen LogP contribution in [0.3, 0.4) is 0 Å². The lowest BCUT2D eigenvalue weighted by Crippen LogP contribution is -2.32. The number of phenolic OH excluding ortho intramolecular Hbond substituents is 1. The van der Waals surface area contributed by atoms with Gasteiger partial charge in [-0.1, -0.05) is 23.2 Å². The zero-order chi connectivity index (χ0) is 13.5. The SMILES string of the molecule is C[C@]1(F)CCN(C(=O)c2c(O)cc(Cl)cc2Cl)C1. The Labute approximate surface area is 114 Å². The van der Waals surface area contributed by atoms with Gasteiger partial charge in [0.25, 0.3) is 5.91 Å². The number of hydrogen-bond donors (Lipinski definition) is 1. The zero-order valence-electron chi connectivity index (χ0n) is 9.71. The molecule has 3 nitrogen and oxygen atoms in total. The number of halogens is 3. The predicted molar refractivity (Wildman–Crippen MR) is 68.2 cm³/mol. The van der Waals surface area contributed by atoms with E-state index in [2.05, 4.69) is 0 Å². The van der Waals surface area contributed by atoms with E-state index in [4.69, 9.17) is 23.2 Å². The number of phenols is 1. The van der Waals surface area contributed by atoms with Crippen LogP contribution in [0.15, 0.2) is 12.1 Å². The Bertz CT molecular complexity index is 482. The number of nitrogens with zero attached hydrogens (tertiary/aromatic N) is 1. The van der Waals surface area contributed by atoms with Gasteiger partial charge >= 0.3 is 0 Å². The summed E-state index contributed by atoms with van der Waals surface area (Å²) in [6.07, 6.45) is 0.282. The molecule has 1 aliphatic rings. The number of hydrogen-bond acceptors (Lipinski definition) is 2. The zero-order valence-corrected chi connectivity index (χ0v) is 11.2. The second kappa shape index (κ2) is 4.59. The summed E-state index contributed by atoms with van der Waals surface area (Å²) in [7, 11) is 0. The molecular weight excluding hydrogens is 280 g/mol. The molecule has 18 heavy (non-hydrogen) atoms. The van der Waals surface area contributed by atoms with Crippen LogP contribution in [0.4, 0.5) is 4.39 Å². The molecule has 0 bridgehead atoms. The number of carbonyl (C=O) groups is 1. The first-order valence-corrected chi connectivity index (χ1v) is 6.22. The average molecular weight is 292 g/mol. The number of amides is 1. The first kappa shape index (κ1) is 13.4. The highest BCUT2D eigenvalue weighted by molar-refractivity contribution is 6.37. The smallest absolute Gasteiger partial charge is 0.259 e. The Morgan fingerprint density at radius 2 is 2.17 bits per heavy atom. The standard InChI is InChI=1S/C12H12Cl2FNO2/c1-12(15)2-3-16(6-12)11(18)10-8(14)4-7(13)5-9(10)17/h4-5,17H,2-3,6H2,1H3/t12-/m0/s1. The Hall–Kier alpha value is -1.000. The first-order valence-electron chi connectivity index (χ1n) is 5.46. The van der Waals surface area contributed by atoms with Crippen molar-refractivity contribution in [1.29, 1.82) is 0 Å². The molecule has 1 saturated heterocycles. The highest BCUT2D eigenvalue weighted by Gasteiger charge is 2.37. The van der Waals surface area contributed by atoms with E-state index in [1.807, 2.05) is 0 Å².